The molecule has 2 aliphatic rings. The van der Waals surface area contributed by atoms with Crippen LogP contribution in [0.5, 0.6) is 0 Å². The molecular formula is C30H35NO3S. The first-order valence-electron chi connectivity index (χ1n) is 12.3. The van der Waals surface area contributed by atoms with Gasteiger partial charge in [0.15, 0.2) is 0 Å². The Labute approximate surface area is 210 Å². The number of rotatable bonds is 4. The van der Waals surface area contributed by atoms with Gasteiger partial charge in [-0.1, -0.05) is 84.4 Å². The van der Waals surface area contributed by atoms with Gasteiger partial charge in [0.25, 0.3) is 0 Å². The topological polar surface area (TPSA) is 57.2 Å². The van der Waals surface area contributed by atoms with E-state index in [0.29, 0.717) is 5.92 Å². The number of aryl methyl sites for hydroxylation is 1. The molecule has 35 heavy (non-hydrogen) atoms. The molecule has 0 saturated carbocycles. The van der Waals surface area contributed by atoms with Crippen molar-refractivity contribution >= 4 is 15.7 Å². The standard InChI is InChI=1S/C23H28N.C7H8O3S/c1-24(2)21-13-14-22(24)16-18(15-21)17-23(19-9-5-3-6-10-19)20-11-7-4-8-12-20;1-6-2-4-7(5-3-6)11(8,9)10/h3-12,17-18,21-22H,13-16H2,1-2H3;2-5H,1H3,(H,8,9,10)/q+1;/p-1. The van der Waals surface area contributed by atoms with Crippen LogP contribution in [0.4, 0.5) is 0 Å². The lowest BCUT2D eigenvalue weighted by molar-refractivity contribution is -0.931. The summed E-state index contributed by atoms with van der Waals surface area (Å²) in [6.07, 6.45) is 8.08. The van der Waals surface area contributed by atoms with Crippen molar-refractivity contribution in [2.24, 2.45) is 5.92 Å². The van der Waals surface area contributed by atoms with Crippen molar-refractivity contribution in [2.75, 3.05) is 14.1 Å². The van der Waals surface area contributed by atoms with Gasteiger partial charge in [-0.3, -0.25) is 0 Å². The summed E-state index contributed by atoms with van der Waals surface area (Å²) in [6, 6.07) is 29.3. The number of allylic oxidation sites excluding steroid dienone is 1. The van der Waals surface area contributed by atoms with Gasteiger partial charge in [0, 0.05) is 25.7 Å². The van der Waals surface area contributed by atoms with Gasteiger partial charge in [-0.25, -0.2) is 8.42 Å². The molecule has 2 bridgehead atoms. The largest absolute Gasteiger partial charge is 0.744 e. The fourth-order valence-corrected chi connectivity index (χ4v) is 6.06. The van der Waals surface area contributed by atoms with E-state index >= 15 is 0 Å². The molecule has 3 aromatic rings. The Morgan fingerprint density at radius 1 is 0.800 bits per heavy atom. The lowest BCUT2D eigenvalue weighted by Crippen LogP contribution is -2.54. The molecule has 5 rings (SSSR count). The molecule has 0 aromatic heterocycles. The zero-order chi connectivity index (χ0) is 25.1. The van der Waals surface area contributed by atoms with Crippen LogP contribution in [0.1, 0.15) is 42.4 Å². The normalized spacial score (nSPS) is 22.6. The Bertz CT molecular complexity index is 1190. The van der Waals surface area contributed by atoms with Crippen LogP contribution in [-0.2, 0) is 10.1 Å². The first-order chi connectivity index (χ1) is 16.6. The van der Waals surface area contributed by atoms with Gasteiger partial charge in [-0.2, -0.15) is 0 Å². The van der Waals surface area contributed by atoms with Crippen molar-refractivity contribution in [1.82, 2.24) is 0 Å². The first kappa shape index (κ1) is 25.4. The number of benzene rings is 3. The van der Waals surface area contributed by atoms with Gasteiger partial charge in [-0.15, -0.1) is 0 Å². The number of hydrogen-bond acceptors (Lipinski definition) is 3. The lowest BCUT2D eigenvalue weighted by atomic mass is 9.85. The van der Waals surface area contributed by atoms with Crippen LogP contribution < -0.4 is 0 Å². The highest BCUT2D eigenvalue weighted by atomic mass is 32.2. The molecule has 2 unspecified atom stereocenters. The highest BCUT2D eigenvalue weighted by Crippen LogP contribution is 2.43. The Balaban J connectivity index is 0.000000221. The predicted molar refractivity (Wildman–Crippen MR) is 141 cm³/mol. The Morgan fingerprint density at radius 3 is 1.69 bits per heavy atom. The molecule has 2 aliphatic heterocycles. The molecule has 0 spiro atoms. The maximum absolute atomic E-state index is 10.4. The van der Waals surface area contributed by atoms with E-state index in [4.69, 9.17) is 0 Å². The minimum Gasteiger partial charge on any atom is -0.744 e. The van der Waals surface area contributed by atoms with Crippen LogP contribution in [0, 0.1) is 12.8 Å². The molecule has 4 nitrogen and oxygen atoms in total. The molecule has 2 saturated heterocycles. The fraction of sp³-hybridized carbons (Fsp3) is 0.333. The van der Waals surface area contributed by atoms with Crippen molar-refractivity contribution in [3.63, 3.8) is 0 Å². The second-order valence-electron chi connectivity index (χ2n) is 10.3. The summed E-state index contributed by atoms with van der Waals surface area (Å²) in [6.45, 7) is 1.82. The first-order valence-corrected chi connectivity index (χ1v) is 13.7. The van der Waals surface area contributed by atoms with Crippen LogP contribution in [0.25, 0.3) is 5.57 Å². The Hall–Kier alpha value is -2.73. The molecule has 3 aromatic carbocycles. The summed E-state index contributed by atoms with van der Waals surface area (Å²) in [4.78, 5) is -0.178. The second kappa shape index (κ2) is 10.5. The quantitative estimate of drug-likeness (QED) is 0.332. The average Bonchev–Trinajstić information content (AvgIpc) is 3.00. The molecule has 0 radical (unpaired) electrons. The minimum atomic E-state index is -4.27. The van der Waals surface area contributed by atoms with E-state index in [1.807, 2.05) is 6.92 Å². The summed E-state index contributed by atoms with van der Waals surface area (Å²) < 4.78 is 32.4. The average molecular weight is 490 g/mol. The smallest absolute Gasteiger partial charge is 0.124 e. The zero-order valence-corrected chi connectivity index (χ0v) is 21.6. The molecule has 2 fully saturated rings. The summed E-state index contributed by atoms with van der Waals surface area (Å²) in [5.74, 6) is 0.712. The fourth-order valence-electron chi connectivity index (χ4n) is 5.59. The SMILES string of the molecule is C[N+]1(C)C2CCC1CC(C=C(c1ccccc1)c1ccccc1)C2.Cc1ccc(S(=O)(=O)[O-])cc1. The summed E-state index contributed by atoms with van der Waals surface area (Å²) in [5.41, 5.74) is 5.02. The predicted octanol–water partition coefficient (Wildman–Crippen LogP) is 6.03. The Morgan fingerprint density at radius 2 is 1.26 bits per heavy atom. The summed E-state index contributed by atoms with van der Waals surface area (Å²) >= 11 is 0. The van der Waals surface area contributed by atoms with Crippen molar-refractivity contribution in [1.29, 1.82) is 0 Å². The molecule has 2 atom stereocenters. The second-order valence-corrected chi connectivity index (χ2v) is 11.7. The lowest BCUT2D eigenvalue weighted by Gasteiger charge is -2.44. The number of hydrogen-bond donors (Lipinski definition) is 0. The highest BCUT2D eigenvalue weighted by molar-refractivity contribution is 7.85. The maximum atomic E-state index is 10.4. The van der Waals surface area contributed by atoms with Gasteiger partial charge in [0.1, 0.15) is 10.1 Å². The van der Waals surface area contributed by atoms with E-state index in [1.54, 1.807) is 12.1 Å². The van der Waals surface area contributed by atoms with Crippen molar-refractivity contribution in [3.8, 4) is 0 Å². The van der Waals surface area contributed by atoms with E-state index < -0.39 is 10.1 Å². The van der Waals surface area contributed by atoms with E-state index in [2.05, 4.69) is 80.8 Å². The molecule has 5 heteroatoms. The van der Waals surface area contributed by atoms with Crippen molar-refractivity contribution < 1.29 is 17.5 Å². The van der Waals surface area contributed by atoms with E-state index in [-0.39, 0.29) is 4.90 Å². The molecule has 0 amide bonds. The van der Waals surface area contributed by atoms with Crippen molar-refractivity contribution in [3.05, 3.63) is 108 Å². The van der Waals surface area contributed by atoms with Crippen molar-refractivity contribution in [2.45, 2.75) is 49.6 Å². The molecule has 0 N–H and O–H groups in total. The van der Waals surface area contributed by atoms with E-state index in [0.717, 1.165) is 17.6 Å². The monoisotopic (exact) mass is 489 g/mol. The third-order valence-corrected chi connectivity index (χ3v) is 8.60. The van der Waals surface area contributed by atoms with E-state index in [1.165, 1.54) is 59.0 Å². The van der Waals surface area contributed by atoms with Crippen LogP contribution in [0.3, 0.4) is 0 Å². The van der Waals surface area contributed by atoms with Crippen LogP contribution >= 0.6 is 0 Å². The van der Waals surface area contributed by atoms with Gasteiger partial charge < -0.3 is 9.04 Å². The maximum Gasteiger partial charge on any atom is 0.124 e. The summed E-state index contributed by atoms with van der Waals surface area (Å²) in [7, 11) is 0.614. The van der Waals surface area contributed by atoms with Gasteiger partial charge in [0.2, 0.25) is 0 Å². The third-order valence-electron chi connectivity index (χ3n) is 7.75. The highest BCUT2D eigenvalue weighted by Gasteiger charge is 2.48. The van der Waals surface area contributed by atoms with Crippen LogP contribution in [-0.4, -0.2) is 43.6 Å². The number of quaternary nitrogens is 1. The van der Waals surface area contributed by atoms with Crippen LogP contribution in [0.2, 0.25) is 0 Å². The molecule has 0 aliphatic carbocycles. The van der Waals surface area contributed by atoms with Gasteiger partial charge in [0.05, 0.1) is 31.1 Å². The molecular weight excluding hydrogens is 454 g/mol. The van der Waals surface area contributed by atoms with E-state index in [9.17, 15) is 13.0 Å². The van der Waals surface area contributed by atoms with Gasteiger partial charge in [-0.05, 0) is 41.7 Å². The number of piperidine rings is 1. The third kappa shape index (κ3) is 6.10. The Kier molecular flexibility index (Phi) is 7.60. The number of nitrogens with zero attached hydrogens (tertiary/aromatic N) is 1. The number of fused-ring (bicyclic) bond motifs is 2. The van der Waals surface area contributed by atoms with Gasteiger partial charge >= 0.3 is 0 Å². The molecule has 2 heterocycles. The minimum absolute atomic E-state index is 0.178. The van der Waals surface area contributed by atoms with Crippen LogP contribution in [0.15, 0.2) is 95.9 Å². The zero-order valence-electron chi connectivity index (χ0n) is 20.8. The summed E-state index contributed by atoms with van der Waals surface area (Å²) in [5, 5.41) is 0. The molecule has 184 valence electrons.